The quantitative estimate of drug-likeness (QED) is 0.799. The van der Waals surface area contributed by atoms with Gasteiger partial charge in [-0.3, -0.25) is 4.79 Å². The van der Waals surface area contributed by atoms with Gasteiger partial charge >= 0.3 is 0 Å². The number of ether oxygens (including phenoxy) is 2. The summed E-state index contributed by atoms with van der Waals surface area (Å²) in [4.78, 5) is 16.5. The third kappa shape index (κ3) is 2.50. The van der Waals surface area contributed by atoms with Gasteiger partial charge in [-0.05, 0) is 18.2 Å². The van der Waals surface area contributed by atoms with Crippen LogP contribution >= 0.6 is 0 Å². The zero-order valence-corrected chi connectivity index (χ0v) is 12.5. The smallest absolute Gasteiger partial charge is 0.244 e. The van der Waals surface area contributed by atoms with Gasteiger partial charge in [0, 0.05) is 17.8 Å². The molecule has 4 rings (SSSR count). The molecule has 7 nitrogen and oxygen atoms in total. The first kappa shape index (κ1) is 14.1. The molecule has 1 aliphatic heterocycles. The van der Waals surface area contributed by atoms with Crippen LogP contribution in [0.25, 0.3) is 11.0 Å². The number of amides is 1. The Hall–Kier alpha value is -3.53. The second-order valence-corrected chi connectivity index (χ2v) is 5.31. The molecule has 3 aromatic rings. The number of nitriles is 1. The molecule has 7 heteroatoms. The molecule has 0 saturated heterocycles. The number of carbonyl (C=O) groups excluding carboxylic acids is 1. The summed E-state index contributed by atoms with van der Waals surface area (Å²) in [6.07, 6.45) is 1.60. The van der Waals surface area contributed by atoms with Crippen LogP contribution in [0.2, 0.25) is 0 Å². The van der Waals surface area contributed by atoms with Crippen LogP contribution in [-0.2, 0) is 11.3 Å². The van der Waals surface area contributed by atoms with E-state index < -0.39 is 0 Å². The van der Waals surface area contributed by atoms with Gasteiger partial charge in [0.25, 0.3) is 0 Å². The lowest BCUT2D eigenvalue weighted by Crippen LogP contribution is -2.18. The summed E-state index contributed by atoms with van der Waals surface area (Å²) in [5, 5.41) is 11.7. The molecule has 0 fully saturated rings. The second-order valence-electron chi connectivity index (χ2n) is 5.31. The van der Waals surface area contributed by atoms with Crippen molar-refractivity contribution in [2.24, 2.45) is 0 Å². The Balaban J connectivity index is 1.55. The van der Waals surface area contributed by atoms with Crippen LogP contribution in [0, 0.1) is 11.3 Å². The highest BCUT2D eigenvalue weighted by Crippen LogP contribution is 2.35. The molecule has 0 bridgehead atoms. The number of aromatic nitrogens is 2. The average Bonchev–Trinajstić information content (AvgIpc) is 3.19. The Morgan fingerprint density at radius 1 is 1.29 bits per heavy atom. The van der Waals surface area contributed by atoms with Crippen LogP contribution in [0.4, 0.5) is 5.69 Å². The van der Waals surface area contributed by atoms with E-state index in [-0.39, 0.29) is 19.2 Å². The van der Waals surface area contributed by atoms with Crippen LogP contribution in [-0.4, -0.2) is 22.3 Å². The number of hydrogen-bond donors (Lipinski definition) is 1. The van der Waals surface area contributed by atoms with Gasteiger partial charge < -0.3 is 19.4 Å². The fourth-order valence-electron chi connectivity index (χ4n) is 2.60. The van der Waals surface area contributed by atoms with Crippen molar-refractivity contribution < 1.29 is 14.3 Å². The molecule has 0 aliphatic carbocycles. The van der Waals surface area contributed by atoms with Gasteiger partial charge in [-0.2, -0.15) is 5.26 Å². The Labute approximate surface area is 137 Å². The van der Waals surface area contributed by atoms with Gasteiger partial charge in [-0.15, -0.1) is 0 Å². The fraction of sp³-hybridized carbons (Fsp3) is 0.118. The predicted molar refractivity (Wildman–Crippen MR) is 85.6 cm³/mol. The van der Waals surface area contributed by atoms with Crippen LogP contribution < -0.4 is 14.8 Å². The summed E-state index contributed by atoms with van der Waals surface area (Å²) in [6.45, 7) is 0.296. The highest BCUT2D eigenvalue weighted by Gasteiger charge is 2.17. The van der Waals surface area contributed by atoms with Crippen molar-refractivity contribution in [3.63, 3.8) is 0 Å². The summed E-state index contributed by atoms with van der Waals surface area (Å²) < 4.78 is 12.4. The molecule has 1 aromatic heterocycles. The Kier molecular flexibility index (Phi) is 3.28. The fourth-order valence-corrected chi connectivity index (χ4v) is 2.60. The number of imidazole rings is 1. The molecule has 24 heavy (non-hydrogen) atoms. The lowest BCUT2D eigenvalue weighted by Gasteiger charge is -2.07. The summed E-state index contributed by atoms with van der Waals surface area (Å²) in [7, 11) is 0. The molecule has 0 saturated carbocycles. The molecule has 118 valence electrons. The molecule has 1 N–H and O–H groups in total. The first-order valence-corrected chi connectivity index (χ1v) is 7.27. The van der Waals surface area contributed by atoms with Gasteiger partial charge in [0.1, 0.15) is 6.54 Å². The first-order chi connectivity index (χ1) is 11.7. The minimum atomic E-state index is -0.206. The SMILES string of the molecule is N#Cc1cccc(NC(=O)Cn2cnc3cc4c(cc32)OCO4)c1. The van der Waals surface area contributed by atoms with E-state index in [0.29, 0.717) is 22.7 Å². The van der Waals surface area contributed by atoms with Crippen LogP contribution in [0.5, 0.6) is 11.5 Å². The standard InChI is InChI=1S/C17H12N4O3/c18-7-11-2-1-3-12(4-11)20-17(22)8-21-9-19-13-5-15-16(6-14(13)21)24-10-23-15/h1-6,9H,8,10H2,(H,20,22). The number of hydrogen-bond acceptors (Lipinski definition) is 5. The van der Waals surface area contributed by atoms with Crippen molar-refractivity contribution in [3.05, 3.63) is 48.3 Å². The maximum absolute atomic E-state index is 12.3. The summed E-state index contributed by atoms with van der Waals surface area (Å²) >= 11 is 0. The number of benzene rings is 2. The van der Waals surface area contributed by atoms with Crippen LogP contribution in [0.3, 0.4) is 0 Å². The molecular formula is C17H12N4O3. The third-order valence-electron chi connectivity index (χ3n) is 3.70. The highest BCUT2D eigenvalue weighted by atomic mass is 16.7. The number of anilines is 1. The van der Waals surface area contributed by atoms with E-state index in [0.717, 1.165) is 11.0 Å². The van der Waals surface area contributed by atoms with Crippen molar-refractivity contribution in [2.75, 3.05) is 12.1 Å². The Bertz CT molecular complexity index is 987. The number of rotatable bonds is 3. The lowest BCUT2D eigenvalue weighted by molar-refractivity contribution is -0.116. The van der Waals surface area contributed by atoms with E-state index in [1.165, 1.54) is 0 Å². The molecular weight excluding hydrogens is 308 g/mol. The summed E-state index contributed by atoms with van der Waals surface area (Å²) in [6, 6.07) is 12.4. The van der Waals surface area contributed by atoms with Crippen molar-refractivity contribution in [3.8, 4) is 17.6 Å². The third-order valence-corrected chi connectivity index (χ3v) is 3.70. The highest BCUT2D eigenvalue weighted by molar-refractivity contribution is 5.92. The largest absolute Gasteiger partial charge is 0.454 e. The topological polar surface area (TPSA) is 89.2 Å². The van der Waals surface area contributed by atoms with E-state index >= 15 is 0 Å². The minimum absolute atomic E-state index is 0.104. The first-order valence-electron chi connectivity index (χ1n) is 7.27. The molecule has 1 amide bonds. The van der Waals surface area contributed by atoms with Crippen molar-refractivity contribution >= 4 is 22.6 Å². The predicted octanol–water partition coefficient (Wildman–Crippen LogP) is 2.28. The zero-order chi connectivity index (χ0) is 16.5. The maximum Gasteiger partial charge on any atom is 0.244 e. The monoisotopic (exact) mass is 320 g/mol. The van der Waals surface area contributed by atoms with Crippen molar-refractivity contribution in [1.29, 1.82) is 5.26 Å². The van der Waals surface area contributed by atoms with Gasteiger partial charge in [0.05, 0.1) is 29.0 Å². The molecule has 1 aliphatic rings. The molecule has 0 atom stereocenters. The summed E-state index contributed by atoms with van der Waals surface area (Å²) in [5.74, 6) is 1.10. The zero-order valence-electron chi connectivity index (χ0n) is 12.5. The van der Waals surface area contributed by atoms with Gasteiger partial charge in [0.2, 0.25) is 12.7 Å². The molecule has 0 unspecified atom stereocenters. The molecule has 0 spiro atoms. The van der Waals surface area contributed by atoms with Crippen molar-refractivity contribution in [2.45, 2.75) is 6.54 Å². The van der Waals surface area contributed by atoms with Gasteiger partial charge in [-0.1, -0.05) is 6.07 Å². The molecule has 2 aromatic carbocycles. The number of nitrogens with one attached hydrogen (secondary N) is 1. The average molecular weight is 320 g/mol. The van der Waals surface area contributed by atoms with E-state index in [1.807, 2.05) is 12.1 Å². The van der Waals surface area contributed by atoms with E-state index in [1.54, 1.807) is 41.2 Å². The lowest BCUT2D eigenvalue weighted by atomic mass is 10.2. The second kappa shape index (κ2) is 5.59. The Morgan fingerprint density at radius 3 is 2.96 bits per heavy atom. The van der Waals surface area contributed by atoms with E-state index in [9.17, 15) is 4.79 Å². The number of carbonyl (C=O) groups is 1. The Morgan fingerprint density at radius 2 is 2.12 bits per heavy atom. The maximum atomic E-state index is 12.3. The molecule has 2 heterocycles. The van der Waals surface area contributed by atoms with E-state index in [4.69, 9.17) is 14.7 Å². The normalized spacial score (nSPS) is 12.1. The van der Waals surface area contributed by atoms with Crippen LogP contribution in [0.15, 0.2) is 42.7 Å². The van der Waals surface area contributed by atoms with Crippen LogP contribution in [0.1, 0.15) is 5.56 Å². The minimum Gasteiger partial charge on any atom is -0.454 e. The number of fused-ring (bicyclic) bond motifs is 2. The number of nitrogens with zero attached hydrogens (tertiary/aromatic N) is 3. The van der Waals surface area contributed by atoms with Crippen molar-refractivity contribution in [1.82, 2.24) is 9.55 Å². The van der Waals surface area contributed by atoms with E-state index in [2.05, 4.69) is 10.3 Å². The van der Waals surface area contributed by atoms with Gasteiger partial charge in [-0.25, -0.2) is 4.98 Å². The molecule has 0 radical (unpaired) electrons. The van der Waals surface area contributed by atoms with Gasteiger partial charge in [0.15, 0.2) is 11.5 Å². The summed E-state index contributed by atoms with van der Waals surface area (Å²) in [5.41, 5.74) is 2.60.